The molecular formula is C15H32O5Si. The number of ether oxygens (including phenoxy) is 1. The Morgan fingerprint density at radius 3 is 2.05 bits per heavy atom. The van der Waals surface area contributed by atoms with Gasteiger partial charge in [0.1, 0.15) is 0 Å². The van der Waals surface area contributed by atoms with Crippen molar-refractivity contribution in [2.24, 2.45) is 0 Å². The second-order valence-corrected chi connectivity index (χ2v) is 7.39. The summed E-state index contributed by atoms with van der Waals surface area (Å²) in [5.41, 5.74) is 0. The smallest absolute Gasteiger partial charge is 0.353 e. The summed E-state index contributed by atoms with van der Waals surface area (Å²) in [4.78, 5) is 0. The molecule has 1 aliphatic heterocycles. The zero-order valence-corrected chi connectivity index (χ0v) is 15.1. The van der Waals surface area contributed by atoms with Crippen LogP contribution in [0.15, 0.2) is 0 Å². The van der Waals surface area contributed by atoms with Crippen molar-refractivity contribution < 1.29 is 22.4 Å². The molecule has 0 aromatic carbocycles. The van der Waals surface area contributed by atoms with Gasteiger partial charge < -0.3 is 22.4 Å². The summed E-state index contributed by atoms with van der Waals surface area (Å²) >= 11 is 0. The summed E-state index contributed by atoms with van der Waals surface area (Å²) in [5, 5.41) is 0. The van der Waals surface area contributed by atoms with Gasteiger partial charge in [-0.1, -0.05) is 34.1 Å². The Balaban J connectivity index is 2.73. The molecule has 0 amide bonds. The molecule has 126 valence electrons. The molecule has 1 saturated heterocycles. The highest BCUT2D eigenvalue weighted by Crippen LogP contribution is 2.25. The maximum absolute atomic E-state index is 6.23. The average Bonchev–Trinajstić information content (AvgIpc) is 2.46. The van der Waals surface area contributed by atoms with Crippen LogP contribution in [0.25, 0.3) is 0 Å². The van der Waals surface area contributed by atoms with Crippen LogP contribution >= 0.6 is 0 Å². The maximum Gasteiger partial charge on any atom is 0.681 e. The SMILES string of the molecule is CCCO[Si](OCCC)(OC(CC)CCC)OC1CCO1. The zero-order valence-electron chi connectivity index (χ0n) is 14.1. The van der Waals surface area contributed by atoms with Crippen molar-refractivity contribution in [3.05, 3.63) is 0 Å². The van der Waals surface area contributed by atoms with Crippen LogP contribution in [0.3, 0.4) is 0 Å². The zero-order chi connectivity index (χ0) is 15.6. The molecule has 0 aliphatic carbocycles. The van der Waals surface area contributed by atoms with Crippen molar-refractivity contribution in [2.45, 2.75) is 78.6 Å². The third-order valence-electron chi connectivity index (χ3n) is 3.28. The number of hydrogen-bond donors (Lipinski definition) is 0. The van der Waals surface area contributed by atoms with Crippen LogP contribution < -0.4 is 0 Å². The van der Waals surface area contributed by atoms with E-state index in [1.807, 2.05) is 0 Å². The molecule has 6 heteroatoms. The number of hydrogen-bond acceptors (Lipinski definition) is 5. The van der Waals surface area contributed by atoms with E-state index < -0.39 is 9.05 Å². The summed E-state index contributed by atoms with van der Waals surface area (Å²) in [6.45, 7) is 10.3. The summed E-state index contributed by atoms with van der Waals surface area (Å²) < 4.78 is 29.5. The van der Waals surface area contributed by atoms with E-state index in [1.165, 1.54) is 0 Å². The van der Waals surface area contributed by atoms with Gasteiger partial charge in [0.25, 0.3) is 0 Å². The fourth-order valence-corrected chi connectivity index (χ4v) is 4.52. The van der Waals surface area contributed by atoms with Crippen LogP contribution in [-0.2, 0) is 22.4 Å². The molecule has 1 aliphatic rings. The minimum absolute atomic E-state index is 0.121. The lowest BCUT2D eigenvalue weighted by molar-refractivity contribution is -0.213. The van der Waals surface area contributed by atoms with E-state index in [1.54, 1.807) is 0 Å². The molecule has 0 radical (unpaired) electrons. The van der Waals surface area contributed by atoms with E-state index in [-0.39, 0.29) is 12.4 Å². The first kappa shape index (κ1) is 19.1. The highest BCUT2D eigenvalue weighted by molar-refractivity contribution is 6.53. The quantitative estimate of drug-likeness (QED) is 0.485. The second kappa shape index (κ2) is 10.7. The van der Waals surface area contributed by atoms with Gasteiger partial charge in [-0.05, 0) is 25.7 Å². The van der Waals surface area contributed by atoms with Crippen LogP contribution in [-0.4, -0.2) is 41.3 Å². The highest BCUT2D eigenvalue weighted by atomic mass is 28.4. The van der Waals surface area contributed by atoms with Crippen LogP contribution in [0.2, 0.25) is 0 Å². The molecule has 2 atom stereocenters. The second-order valence-electron chi connectivity index (χ2n) is 5.34. The van der Waals surface area contributed by atoms with Crippen molar-refractivity contribution in [3.8, 4) is 0 Å². The lowest BCUT2D eigenvalue weighted by Crippen LogP contribution is -2.55. The molecule has 1 heterocycles. The van der Waals surface area contributed by atoms with Crippen LogP contribution in [0.5, 0.6) is 0 Å². The standard InChI is InChI=1S/C15H32O5Si/c1-5-9-14(8-4)19-21(17-11-6-2,18-12-7-3)20-15-10-13-16-15/h14-15H,5-13H2,1-4H3. The Labute approximate surface area is 130 Å². The largest absolute Gasteiger partial charge is 0.681 e. The van der Waals surface area contributed by atoms with E-state index in [0.717, 1.165) is 45.1 Å². The Kier molecular flexibility index (Phi) is 9.71. The molecule has 0 aromatic heterocycles. The summed E-state index contributed by atoms with van der Waals surface area (Å²) in [6.07, 6.45) is 5.59. The Morgan fingerprint density at radius 2 is 1.67 bits per heavy atom. The van der Waals surface area contributed by atoms with Crippen LogP contribution in [0, 0.1) is 0 Å². The summed E-state index contributed by atoms with van der Waals surface area (Å²) in [7, 11) is -3.12. The van der Waals surface area contributed by atoms with Gasteiger partial charge in [0.2, 0.25) is 0 Å². The Hall–Kier alpha value is 0.0169. The Morgan fingerprint density at radius 1 is 1.05 bits per heavy atom. The Bertz CT molecular complexity index is 252. The van der Waals surface area contributed by atoms with Gasteiger partial charge >= 0.3 is 9.05 Å². The minimum atomic E-state index is -3.12. The van der Waals surface area contributed by atoms with Gasteiger partial charge in [-0.25, -0.2) is 0 Å². The molecule has 5 nitrogen and oxygen atoms in total. The van der Waals surface area contributed by atoms with Crippen molar-refractivity contribution in [1.29, 1.82) is 0 Å². The predicted molar refractivity (Wildman–Crippen MR) is 83.8 cm³/mol. The highest BCUT2D eigenvalue weighted by Gasteiger charge is 2.50. The fraction of sp³-hybridized carbons (Fsp3) is 1.00. The van der Waals surface area contributed by atoms with E-state index in [2.05, 4.69) is 27.7 Å². The topological polar surface area (TPSA) is 46.2 Å². The van der Waals surface area contributed by atoms with Crippen molar-refractivity contribution >= 4 is 9.05 Å². The van der Waals surface area contributed by atoms with E-state index in [9.17, 15) is 0 Å². The van der Waals surface area contributed by atoms with Crippen molar-refractivity contribution in [2.75, 3.05) is 19.8 Å². The molecule has 1 rings (SSSR count). The fourth-order valence-electron chi connectivity index (χ4n) is 2.00. The molecule has 21 heavy (non-hydrogen) atoms. The van der Waals surface area contributed by atoms with Gasteiger partial charge in [-0.15, -0.1) is 0 Å². The normalized spacial score (nSPS) is 20.3. The van der Waals surface area contributed by atoms with Gasteiger partial charge in [-0.3, -0.25) is 0 Å². The molecule has 0 bridgehead atoms. The molecule has 0 N–H and O–H groups in total. The third kappa shape index (κ3) is 6.75. The molecule has 2 unspecified atom stereocenters. The third-order valence-corrected chi connectivity index (χ3v) is 5.56. The summed E-state index contributed by atoms with van der Waals surface area (Å²) in [6, 6.07) is 0. The van der Waals surface area contributed by atoms with Crippen molar-refractivity contribution in [3.63, 3.8) is 0 Å². The van der Waals surface area contributed by atoms with Crippen LogP contribution in [0.4, 0.5) is 0 Å². The molecule has 0 saturated carbocycles. The number of rotatable bonds is 13. The molecule has 1 fully saturated rings. The van der Waals surface area contributed by atoms with Gasteiger partial charge in [0.15, 0.2) is 6.29 Å². The average molecular weight is 321 g/mol. The lowest BCUT2D eigenvalue weighted by atomic mass is 10.2. The summed E-state index contributed by atoms with van der Waals surface area (Å²) in [5.74, 6) is 0. The van der Waals surface area contributed by atoms with Crippen molar-refractivity contribution in [1.82, 2.24) is 0 Å². The van der Waals surface area contributed by atoms with Gasteiger partial charge in [-0.2, -0.15) is 0 Å². The monoisotopic (exact) mass is 320 g/mol. The van der Waals surface area contributed by atoms with Crippen LogP contribution in [0.1, 0.15) is 66.2 Å². The minimum Gasteiger partial charge on any atom is -0.353 e. The molecule has 0 spiro atoms. The lowest BCUT2D eigenvalue weighted by Gasteiger charge is -2.37. The van der Waals surface area contributed by atoms with E-state index in [0.29, 0.717) is 13.2 Å². The molecule has 0 aromatic rings. The van der Waals surface area contributed by atoms with Gasteiger partial charge in [0.05, 0.1) is 12.7 Å². The van der Waals surface area contributed by atoms with Gasteiger partial charge in [0, 0.05) is 19.6 Å². The first-order chi connectivity index (χ1) is 10.2. The first-order valence-electron chi connectivity index (χ1n) is 8.44. The molecular weight excluding hydrogens is 288 g/mol. The maximum atomic E-state index is 6.23. The van der Waals surface area contributed by atoms with E-state index in [4.69, 9.17) is 22.4 Å². The predicted octanol–water partition coefficient (Wildman–Crippen LogP) is 3.63. The van der Waals surface area contributed by atoms with E-state index >= 15 is 0 Å². The first-order valence-corrected chi connectivity index (χ1v) is 10.1.